The largest absolute Gasteiger partial charge is 0.336 e. The lowest BCUT2D eigenvalue weighted by Gasteiger charge is -2.14. The number of amides is 3. The standard InChI is InChI=1S/C14H23N5O2S/c1-14(2,3)10-9-22-12(17-10)18-11(20)8-15-4-6-19-7-5-16-13(19)21/h9,15H,4-8H2,1-3H3,(H,16,21)(H,17,18,20). The second-order valence-electron chi connectivity index (χ2n) is 6.23. The lowest BCUT2D eigenvalue weighted by molar-refractivity contribution is -0.115. The first kappa shape index (κ1) is 16.7. The monoisotopic (exact) mass is 325 g/mol. The summed E-state index contributed by atoms with van der Waals surface area (Å²) in [6.07, 6.45) is 0. The van der Waals surface area contributed by atoms with Gasteiger partial charge in [-0.05, 0) is 0 Å². The lowest BCUT2D eigenvalue weighted by Crippen LogP contribution is -2.37. The van der Waals surface area contributed by atoms with Crippen LogP contribution in [0.2, 0.25) is 0 Å². The molecule has 8 heteroatoms. The van der Waals surface area contributed by atoms with E-state index in [-0.39, 0.29) is 23.9 Å². The van der Waals surface area contributed by atoms with Crippen LogP contribution in [-0.4, -0.2) is 54.5 Å². The van der Waals surface area contributed by atoms with Gasteiger partial charge in [0.05, 0.1) is 12.2 Å². The topological polar surface area (TPSA) is 86.4 Å². The molecule has 1 aromatic rings. The summed E-state index contributed by atoms with van der Waals surface area (Å²) in [5.41, 5.74) is 0.953. The summed E-state index contributed by atoms with van der Waals surface area (Å²) < 4.78 is 0. The van der Waals surface area contributed by atoms with Gasteiger partial charge in [0, 0.05) is 37.0 Å². The van der Waals surface area contributed by atoms with E-state index < -0.39 is 0 Å². The molecule has 2 heterocycles. The van der Waals surface area contributed by atoms with E-state index in [0.717, 1.165) is 12.2 Å². The van der Waals surface area contributed by atoms with E-state index >= 15 is 0 Å². The highest BCUT2D eigenvalue weighted by atomic mass is 32.1. The van der Waals surface area contributed by atoms with E-state index in [9.17, 15) is 9.59 Å². The van der Waals surface area contributed by atoms with Crippen molar-refractivity contribution in [1.82, 2.24) is 20.5 Å². The Morgan fingerprint density at radius 3 is 2.86 bits per heavy atom. The number of hydrogen-bond acceptors (Lipinski definition) is 5. The molecule has 0 atom stereocenters. The maximum atomic E-state index is 11.8. The highest BCUT2D eigenvalue weighted by molar-refractivity contribution is 7.13. The zero-order valence-corrected chi connectivity index (χ0v) is 14.0. The Balaban J connectivity index is 1.67. The van der Waals surface area contributed by atoms with Crippen molar-refractivity contribution in [1.29, 1.82) is 0 Å². The molecule has 1 aliphatic rings. The number of carbonyl (C=O) groups excluding carboxylic acids is 2. The van der Waals surface area contributed by atoms with Crippen molar-refractivity contribution in [3.05, 3.63) is 11.1 Å². The molecule has 3 amide bonds. The molecule has 0 saturated carbocycles. The van der Waals surface area contributed by atoms with Crippen LogP contribution in [0, 0.1) is 0 Å². The average molecular weight is 325 g/mol. The van der Waals surface area contributed by atoms with Crippen molar-refractivity contribution < 1.29 is 9.59 Å². The minimum Gasteiger partial charge on any atom is -0.336 e. The quantitative estimate of drug-likeness (QED) is 0.681. The summed E-state index contributed by atoms with van der Waals surface area (Å²) in [7, 11) is 0. The Bertz CT molecular complexity index is 538. The van der Waals surface area contributed by atoms with E-state index in [0.29, 0.717) is 24.8 Å². The van der Waals surface area contributed by atoms with Crippen molar-refractivity contribution in [2.75, 3.05) is 38.0 Å². The second-order valence-corrected chi connectivity index (χ2v) is 7.09. The predicted octanol–water partition coefficient (Wildman–Crippen LogP) is 0.994. The summed E-state index contributed by atoms with van der Waals surface area (Å²) in [4.78, 5) is 29.3. The third-order valence-electron chi connectivity index (χ3n) is 3.31. The molecule has 0 unspecified atom stereocenters. The number of thiazole rings is 1. The zero-order valence-electron chi connectivity index (χ0n) is 13.2. The van der Waals surface area contributed by atoms with E-state index in [1.54, 1.807) is 4.90 Å². The fourth-order valence-electron chi connectivity index (χ4n) is 1.98. The van der Waals surface area contributed by atoms with Crippen LogP contribution in [0.4, 0.5) is 9.93 Å². The molecule has 3 N–H and O–H groups in total. The first-order valence-electron chi connectivity index (χ1n) is 7.35. The van der Waals surface area contributed by atoms with Gasteiger partial charge in [0.1, 0.15) is 0 Å². The van der Waals surface area contributed by atoms with Crippen LogP contribution in [0.3, 0.4) is 0 Å². The van der Waals surface area contributed by atoms with Gasteiger partial charge in [0.15, 0.2) is 5.13 Å². The van der Waals surface area contributed by atoms with Crippen LogP contribution < -0.4 is 16.0 Å². The molecule has 0 aromatic carbocycles. The normalized spacial score (nSPS) is 15.0. The summed E-state index contributed by atoms with van der Waals surface area (Å²) in [6, 6.07) is -0.0382. The van der Waals surface area contributed by atoms with E-state index in [2.05, 4.69) is 41.7 Å². The van der Waals surface area contributed by atoms with Gasteiger partial charge in [-0.15, -0.1) is 11.3 Å². The fourth-order valence-corrected chi connectivity index (χ4v) is 2.93. The van der Waals surface area contributed by atoms with E-state index in [4.69, 9.17) is 0 Å². The highest BCUT2D eigenvalue weighted by Gasteiger charge is 2.19. The van der Waals surface area contributed by atoms with E-state index in [1.807, 2.05) is 5.38 Å². The number of carbonyl (C=O) groups is 2. The molecular weight excluding hydrogens is 302 g/mol. The molecule has 1 aromatic heterocycles. The van der Waals surface area contributed by atoms with Gasteiger partial charge in [0.2, 0.25) is 5.91 Å². The van der Waals surface area contributed by atoms with Crippen LogP contribution in [-0.2, 0) is 10.2 Å². The predicted molar refractivity (Wildman–Crippen MR) is 87.3 cm³/mol. The Morgan fingerprint density at radius 2 is 2.27 bits per heavy atom. The Kier molecular flexibility index (Phi) is 5.36. The van der Waals surface area contributed by atoms with Gasteiger partial charge in [0.25, 0.3) is 0 Å². The van der Waals surface area contributed by atoms with Gasteiger partial charge in [-0.25, -0.2) is 9.78 Å². The number of aromatic nitrogens is 1. The van der Waals surface area contributed by atoms with Crippen molar-refractivity contribution in [3.8, 4) is 0 Å². The molecule has 2 rings (SSSR count). The maximum Gasteiger partial charge on any atom is 0.317 e. The molecule has 0 spiro atoms. The Labute approximate surface area is 134 Å². The fraction of sp³-hybridized carbons (Fsp3) is 0.643. The molecule has 0 aliphatic carbocycles. The SMILES string of the molecule is CC(C)(C)c1csc(NC(=O)CNCCN2CCNC2=O)n1. The third-order valence-corrected chi connectivity index (χ3v) is 4.07. The molecule has 0 radical (unpaired) electrons. The van der Waals surface area contributed by atoms with Crippen molar-refractivity contribution in [2.45, 2.75) is 26.2 Å². The summed E-state index contributed by atoms with van der Waals surface area (Å²) in [5.74, 6) is -0.124. The highest BCUT2D eigenvalue weighted by Crippen LogP contribution is 2.26. The minimum absolute atomic E-state index is 0.0198. The van der Waals surface area contributed by atoms with Crippen LogP contribution >= 0.6 is 11.3 Å². The molecule has 7 nitrogen and oxygen atoms in total. The van der Waals surface area contributed by atoms with Gasteiger partial charge in [-0.2, -0.15) is 0 Å². The summed E-state index contributed by atoms with van der Waals surface area (Å²) >= 11 is 1.43. The molecule has 1 saturated heterocycles. The number of anilines is 1. The number of nitrogens with zero attached hydrogens (tertiary/aromatic N) is 2. The van der Waals surface area contributed by atoms with Crippen LogP contribution in [0.1, 0.15) is 26.5 Å². The molecule has 22 heavy (non-hydrogen) atoms. The van der Waals surface area contributed by atoms with Gasteiger partial charge in [-0.3, -0.25) is 4.79 Å². The second kappa shape index (κ2) is 7.06. The van der Waals surface area contributed by atoms with Gasteiger partial charge < -0.3 is 20.9 Å². The first-order chi connectivity index (χ1) is 10.4. The lowest BCUT2D eigenvalue weighted by atomic mass is 9.93. The number of urea groups is 1. The van der Waals surface area contributed by atoms with Crippen LogP contribution in [0.25, 0.3) is 0 Å². The molecular formula is C14H23N5O2S. The maximum absolute atomic E-state index is 11.8. The van der Waals surface area contributed by atoms with Gasteiger partial charge in [-0.1, -0.05) is 20.8 Å². The number of nitrogens with one attached hydrogen (secondary N) is 3. The van der Waals surface area contributed by atoms with Crippen molar-refractivity contribution in [3.63, 3.8) is 0 Å². The number of hydrogen-bond donors (Lipinski definition) is 3. The summed E-state index contributed by atoms with van der Waals surface area (Å²) in [5, 5.41) is 11.1. The molecule has 1 aliphatic heterocycles. The Hall–Kier alpha value is -1.67. The van der Waals surface area contributed by atoms with Gasteiger partial charge >= 0.3 is 6.03 Å². The molecule has 122 valence electrons. The Morgan fingerprint density at radius 1 is 1.50 bits per heavy atom. The van der Waals surface area contributed by atoms with Crippen molar-refractivity contribution >= 4 is 28.4 Å². The zero-order chi connectivity index (χ0) is 16.2. The molecule has 0 bridgehead atoms. The minimum atomic E-state index is -0.124. The average Bonchev–Trinajstić information content (AvgIpc) is 3.04. The number of rotatable bonds is 6. The van der Waals surface area contributed by atoms with Crippen LogP contribution in [0.5, 0.6) is 0 Å². The molecule has 1 fully saturated rings. The first-order valence-corrected chi connectivity index (χ1v) is 8.23. The smallest absolute Gasteiger partial charge is 0.317 e. The summed E-state index contributed by atoms with van der Waals surface area (Å²) in [6.45, 7) is 9.08. The van der Waals surface area contributed by atoms with Crippen LogP contribution in [0.15, 0.2) is 5.38 Å². The van der Waals surface area contributed by atoms with Crippen molar-refractivity contribution in [2.24, 2.45) is 0 Å². The third kappa shape index (κ3) is 4.67. The van der Waals surface area contributed by atoms with E-state index in [1.165, 1.54) is 11.3 Å².